The fourth-order valence-corrected chi connectivity index (χ4v) is 3.19. The van der Waals surface area contributed by atoms with Gasteiger partial charge in [-0.05, 0) is 54.8 Å². The molecule has 0 bridgehead atoms. The fraction of sp³-hybridized carbons (Fsp3) is 0.250. The molecular weight excluding hydrogens is 362 g/mol. The summed E-state index contributed by atoms with van der Waals surface area (Å²) in [6, 6.07) is 11.7. The first-order valence-electron chi connectivity index (χ1n) is 8.46. The molecule has 0 atom stereocenters. The minimum absolute atomic E-state index is 0.0516. The lowest BCUT2D eigenvalue weighted by Gasteiger charge is -2.13. The molecule has 1 N–H and O–H groups in total. The largest absolute Gasteiger partial charge is 0.496 e. The van der Waals surface area contributed by atoms with Gasteiger partial charge in [0, 0.05) is 5.56 Å². The Labute approximate surface area is 162 Å². The van der Waals surface area contributed by atoms with E-state index in [9.17, 15) is 4.79 Å². The number of nitrogens with zero attached hydrogens (tertiary/aromatic N) is 2. The van der Waals surface area contributed by atoms with Gasteiger partial charge in [-0.3, -0.25) is 4.79 Å². The monoisotopic (exact) mass is 383 g/mol. The van der Waals surface area contributed by atoms with Gasteiger partial charge in [-0.2, -0.15) is 5.10 Å². The molecule has 0 saturated carbocycles. The normalized spacial score (nSPS) is 15.4. The van der Waals surface area contributed by atoms with Crippen molar-refractivity contribution in [2.45, 2.75) is 20.5 Å². The number of benzene rings is 2. The third-order valence-electron chi connectivity index (χ3n) is 4.18. The summed E-state index contributed by atoms with van der Waals surface area (Å²) in [5.41, 5.74) is 4.10. The predicted octanol–water partition coefficient (Wildman–Crippen LogP) is 3.44. The van der Waals surface area contributed by atoms with Gasteiger partial charge in [0.15, 0.2) is 5.17 Å². The molecule has 1 fully saturated rings. The minimum Gasteiger partial charge on any atom is -0.496 e. The maximum Gasteiger partial charge on any atom is 0.236 e. The van der Waals surface area contributed by atoms with Gasteiger partial charge >= 0.3 is 0 Å². The Hall–Kier alpha value is -2.80. The maximum atomic E-state index is 11.1. The number of hydrogen-bond donors (Lipinski definition) is 1. The minimum atomic E-state index is -0.0516. The van der Waals surface area contributed by atoms with Crippen LogP contribution in [-0.4, -0.2) is 30.2 Å². The van der Waals surface area contributed by atoms with Crippen LogP contribution in [0.5, 0.6) is 11.5 Å². The number of ether oxygens (including phenoxy) is 2. The number of thioether (sulfide) groups is 1. The Morgan fingerprint density at radius 1 is 1.22 bits per heavy atom. The third-order valence-corrected chi connectivity index (χ3v) is 5.05. The number of carbonyl (C=O) groups excluding carboxylic acids is 1. The summed E-state index contributed by atoms with van der Waals surface area (Å²) in [6.45, 7) is 4.49. The molecule has 1 saturated heterocycles. The molecule has 1 heterocycles. The predicted molar refractivity (Wildman–Crippen MR) is 109 cm³/mol. The number of nitrogens with one attached hydrogen (secondary N) is 1. The maximum absolute atomic E-state index is 11.1. The number of methoxy groups -OCH3 is 1. The van der Waals surface area contributed by atoms with Crippen molar-refractivity contribution in [2.24, 2.45) is 10.2 Å². The second-order valence-electron chi connectivity index (χ2n) is 6.04. The molecule has 0 radical (unpaired) electrons. The Balaban J connectivity index is 1.73. The van der Waals surface area contributed by atoms with Crippen LogP contribution in [0.2, 0.25) is 0 Å². The second-order valence-corrected chi connectivity index (χ2v) is 7.01. The summed E-state index contributed by atoms with van der Waals surface area (Å²) in [7, 11) is 1.64. The van der Waals surface area contributed by atoms with Crippen molar-refractivity contribution in [3.8, 4) is 11.5 Å². The van der Waals surface area contributed by atoms with Gasteiger partial charge in [0.05, 0.1) is 19.1 Å². The first-order valence-corrected chi connectivity index (χ1v) is 9.45. The van der Waals surface area contributed by atoms with E-state index >= 15 is 0 Å². The van der Waals surface area contributed by atoms with Gasteiger partial charge in [0.2, 0.25) is 5.91 Å². The Morgan fingerprint density at radius 3 is 2.81 bits per heavy atom. The molecular formula is C20H21N3O3S. The number of carbonyl (C=O) groups is 1. The van der Waals surface area contributed by atoms with Crippen LogP contribution >= 0.6 is 11.8 Å². The summed E-state index contributed by atoms with van der Waals surface area (Å²) in [6.07, 6.45) is 1.64. The van der Waals surface area contributed by atoms with Crippen molar-refractivity contribution in [1.29, 1.82) is 0 Å². The lowest BCUT2D eigenvalue weighted by Crippen LogP contribution is -2.19. The van der Waals surface area contributed by atoms with Crippen molar-refractivity contribution in [1.82, 2.24) is 5.32 Å². The summed E-state index contributed by atoms with van der Waals surface area (Å²) in [5, 5.41) is 11.2. The Morgan fingerprint density at radius 2 is 2.07 bits per heavy atom. The molecule has 1 amide bonds. The molecule has 140 valence electrons. The van der Waals surface area contributed by atoms with E-state index in [0.29, 0.717) is 17.5 Å². The average Bonchev–Trinajstić information content (AvgIpc) is 3.08. The fourth-order valence-electron chi connectivity index (χ4n) is 2.55. The van der Waals surface area contributed by atoms with Gasteiger partial charge in [-0.25, -0.2) is 0 Å². The molecule has 27 heavy (non-hydrogen) atoms. The molecule has 0 aromatic heterocycles. The van der Waals surface area contributed by atoms with Gasteiger partial charge in [-0.15, -0.1) is 5.10 Å². The average molecular weight is 383 g/mol. The van der Waals surface area contributed by atoms with Crippen molar-refractivity contribution in [3.63, 3.8) is 0 Å². The van der Waals surface area contributed by atoms with Gasteiger partial charge in [0.1, 0.15) is 18.1 Å². The topological polar surface area (TPSA) is 72.3 Å². The van der Waals surface area contributed by atoms with E-state index in [0.717, 1.165) is 28.2 Å². The molecule has 3 rings (SSSR count). The quantitative estimate of drug-likeness (QED) is 0.613. The summed E-state index contributed by atoms with van der Waals surface area (Å²) < 4.78 is 11.4. The molecule has 7 heteroatoms. The van der Waals surface area contributed by atoms with E-state index in [1.165, 1.54) is 17.3 Å². The van der Waals surface area contributed by atoms with E-state index in [2.05, 4.69) is 28.5 Å². The first kappa shape index (κ1) is 19.0. The van der Waals surface area contributed by atoms with Crippen LogP contribution in [0.4, 0.5) is 0 Å². The van der Waals surface area contributed by atoms with Gasteiger partial charge in [-0.1, -0.05) is 23.9 Å². The molecule has 0 aliphatic carbocycles. The molecule has 0 spiro atoms. The smallest absolute Gasteiger partial charge is 0.236 e. The highest BCUT2D eigenvalue weighted by molar-refractivity contribution is 8.15. The summed E-state index contributed by atoms with van der Waals surface area (Å²) in [5.74, 6) is 1.94. The van der Waals surface area contributed by atoms with Crippen molar-refractivity contribution in [2.75, 3.05) is 12.9 Å². The van der Waals surface area contributed by atoms with Crippen LogP contribution in [0.15, 0.2) is 46.6 Å². The second kappa shape index (κ2) is 8.73. The Kier molecular flexibility index (Phi) is 6.13. The van der Waals surface area contributed by atoms with E-state index in [-0.39, 0.29) is 5.91 Å². The molecule has 1 aliphatic rings. The first-order chi connectivity index (χ1) is 13.1. The van der Waals surface area contributed by atoms with Crippen LogP contribution in [0.1, 0.15) is 22.3 Å². The van der Waals surface area contributed by atoms with Crippen molar-refractivity contribution in [3.05, 3.63) is 58.7 Å². The van der Waals surface area contributed by atoms with E-state index in [4.69, 9.17) is 9.47 Å². The zero-order valence-corrected chi connectivity index (χ0v) is 16.3. The van der Waals surface area contributed by atoms with Crippen molar-refractivity contribution < 1.29 is 14.3 Å². The lowest BCUT2D eigenvalue weighted by molar-refractivity contribution is -0.116. The highest BCUT2D eigenvalue weighted by atomic mass is 32.2. The summed E-state index contributed by atoms with van der Waals surface area (Å²) in [4.78, 5) is 11.1. The van der Waals surface area contributed by atoms with Crippen LogP contribution in [-0.2, 0) is 11.4 Å². The van der Waals surface area contributed by atoms with Crippen LogP contribution in [0, 0.1) is 13.8 Å². The number of amidine groups is 1. The third kappa shape index (κ3) is 4.89. The van der Waals surface area contributed by atoms with E-state index in [1.54, 1.807) is 13.3 Å². The highest BCUT2D eigenvalue weighted by Gasteiger charge is 2.16. The van der Waals surface area contributed by atoms with Crippen molar-refractivity contribution >= 4 is 29.1 Å². The standard InChI is InChI=1S/C20H21N3O3S/c1-13-5-4-6-17(14(13)2)26-11-16-9-15(7-8-18(16)25-3)10-21-23-20-22-19(24)12-27-20/h4-10H,11-12H2,1-3H3,(H,22,23,24). The SMILES string of the molecule is COc1ccc(C=NN=C2NC(=O)CS2)cc1COc1cccc(C)c1C. The van der Waals surface area contributed by atoms with Gasteiger partial charge in [0.25, 0.3) is 0 Å². The Bertz CT molecular complexity index is 909. The molecule has 1 aliphatic heterocycles. The summed E-state index contributed by atoms with van der Waals surface area (Å²) >= 11 is 1.34. The van der Waals surface area contributed by atoms with E-state index < -0.39 is 0 Å². The van der Waals surface area contributed by atoms with Gasteiger partial charge < -0.3 is 14.8 Å². The number of aryl methyl sites for hydroxylation is 1. The molecule has 0 unspecified atom stereocenters. The number of hydrogen-bond acceptors (Lipinski definition) is 6. The zero-order valence-electron chi connectivity index (χ0n) is 15.5. The van der Waals surface area contributed by atoms with Crippen LogP contribution in [0.3, 0.4) is 0 Å². The number of rotatable bonds is 6. The van der Waals surface area contributed by atoms with Crippen LogP contribution in [0.25, 0.3) is 0 Å². The zero-order chi connectivity index (χ0) is 19.2. The van der Waals surface area contributed by atoms with Crippen LogP contribution < -0.4 is 14.8 Å². The highest BCUT2D eigenvalue weighted by Crippen LogP contribution is 2.25. The molecule has 2 aromatic carbocycles. The number of amides is 1. The molecule has 2 aromatic rings. The molecule has 6 nitrogen and oxygen atoms in total. The lowest BCUT2D eigenvalue weighted by atomic mass is 10.1. The van der Waals surface area contributed by atoms with E-state index in [1.807, 2.05) is 37.3 Å².